The molecule has 3 rings (SSSR count). The highest BCUT2D eigenvalue weighted by Gasteiger charge is 2.09. The summed E-state index contributed by atoms with van der Waals surface area (Å²) in [5.74, 6) is 0.504. The van der Waals surface area contributed by atoms with Gasteiger partial charge in [0.05, 0.1) is 23.2 Å². The van der Waals surface area contributed by atoms with E-state index in [2.05, 4.69) is 20.3 Å². The molecule has 7 heteroatoms. The van der Waals surface area contributed by atoms with E-state index in [1.807, 2.05) is 19.1 Å². The lowest BCUT2D eigenvalue weighted by molar-refractivity contribution is 0.194. The monoisotopic (exact) mass is 285 g/mol. The van der Waals surface area contributed by atoms with E-state index in [9.17, 15) is 9.90 Å². The molecule has 2 N–H and O–H groups in total. The van der Waals surface area contributed by atoms with Crippen molar-refractivity contribution in [1.29, 1.82) is 0 Å². The van der Waals surface area contributed by atoms with Crippen molar-refractivity contribution >= 4 is 10.9 Å². The van der Waals surface area contributed by atoms with Crippen LogP contribution in [-0.2, 0) is 6.54 Å². The van der Waals surface area contributed by atoms with Gasteiger partial charge in [0.15, 0.2) is 0 Å². The number of benzene rings is 1. The van der Waals surface area contributed by atoms with Crippen molar-refractivity contribution in [3.8, 4) is 0 Å². The normalized spacial score (nSPS) is 12.7. The molecule has 0 aliphatic heterocycles. The summed E-state index contributed by atoms with van der Waals surface area (Å²) in [5, 5.41) is 17.8. The Morgan fingerprint density at radius 3 is 2.95 bits per heavy atom. The molecule has 7 nitrogen and oxygen atoms in total. The Kier molecular flexibility index (Phi) is 3.26. The van der Waals surface area contributed by atoms with Crippen LogP contribution in [0, 0.1) is 6.92 Å². The molecule has 1 aromatic carbocycles. The fourth-order valence-corrected chi connectivity index (χ4v) is 2.16. The van der Waals surface area contributed by atoms with Crippen molar-refractivity contribution in [2.75, 3.05) is 0 Å². The molecule has 3 aromatic rings. The summed E-state index contributed by atoms with van der Waals surface area (Å²) in [4.78, 5) is 19.3. The average molecular weight is 285 g/mol. The fourth-order valence-electron chi connectivity index (χ4n) is 2.16. The predicted molar refractivity (Wildman–Crippen MR) is 76.9 cm³/mol. The molecule has 0 saturated heterocycles. The van der Waals surface area contributed by atoms with Gasteiger partial charge >= 0.3 is 0 Å². The van der Waals surface area contributed by atoms with Crippen molar-refractivity contribution in [3.63, 3.8) is 0 Å². The minimum absolute atomic E-state index is 0.172. The van der Waals surface area contributed by atoms with E-state index in [4.69, 9.17) is 0 Å². The minimum Gasteiger partial charge on any atom is -0.387 e. The zero-order valence-corrected chi connectivity index (χ0v) is 11.7. The SMILES string of the molecule is Cc1cccc2c(=O)[nH]c(Cn3cc(C(C)O)nn3)nc12. The van der Waals surface area contributed by atoms with Crippen LogP contribution in [0.2, 0.25) is 0 Å². The van der Waals surface area contributed by atoms with Crippen molar-refractivity contribution < 1.29 is 5.11 Å². The predicted octanol–water partition coefficient (Wildman–Crippen LogP) is 0.925. The molecule has 2 aromatic heterocycles. The summed E-state index contributed by atoms with van der Waals surface area (Å²) < 4.78 is 1.53. The van der Waals surface area contributed by atoms with E-state index < -0.39 is 6.10 Å². The standard InChI is InChI=1S/C14H15N5O2/c1-8-4-3-5-10-13(8)15-12(16-14(10)21)7-19-6-11(9(2)20)17-18-19/h3-6,9,20H,7H2,1-2H3,(H,15,16,21). The molecule has 0 spiro atoms. The molecule has 108 valence electrons. The van der Waals surface area contributed by atoms with E-state index in [0.29, 0.717) is 29.0 Å². The lowest BCUT2D eigenvalue weighted by atomic mass is 10.1. The largest absolute Gasteiger partial charge is 0.387 e. The van der Waals surface area contributed by atoms with Gasteiger partial charge in [0.2, 0.25) is 0 Å². The number of nitrogens with one attached hydrogen (secondary N) is 1. The second-order valence-corrected chi connectivity index (χ2v) is 5.00. The van der Waals surface area contributed by atoms with E-state index in [0.717, 1.165) is 5.56 Å². The number of aliphatic hydroxyl groups excluding tert-OH is 1. The van der Waals surface area contributed by atoms with Crippen LogP contribution in [0.1, 0.15) is 30.1 Å². The van der Waals surface area contributed by atoms with Gasteiger partial charge in [-0.25, -0.2) is 9.67 Å². The molecular weight excluding hydrogens is 270 g/mol. The molecule has 21 heavy (non-hydrogen) atoms. The summed E-state index contributed by atoms with van der Waals surface area (Å²) in [6.45, 7) is 3.83. The van der Waals surface area contributed by atoms with E-state index in [-0.39, 0.29) is 5.56 Å². The van der Waals surface area contributed by atoms with E-state index in [1.165, 1.54) is 4.68 Å². The van der Waals surface area contributed by atoms with Crippen LogP contribution in [0.3, 0.4) is 0 Å². The lowest BCUT2D eigenvalue weighted by Gasteiger charge is -2.04. The van der Waals surface area contributed by atoms with Crippen LogP contribution in [0.5, 0.6) is 0 Å². The third kappa shape index (κ3) is 2.55. The van der Waals surface area contributed by atoms with Gasteiger partial charge in [-0.15, -0.1) is 5.10 Å². The number of nitrogens with zero attached hydrogens (tertiary/aromatic N) is 4. The number of para-hydroxylation sites is 1. The molecule has 1 atom stereocenters. The second-order valence-electron chi connectivity index (χ2n) is 5.00. The highest BCUT2D eigenvalue weighted by Crippen LogP contribution is 2.12. The Labute approximate surface area is 120 Å². The number of H-pyrrole nitrogens is 1. The van der Waals surface area contributed by atoms with Gasteiger partial charge < -0.3 is 10.1 Å². The first-order valence-electron chi connectivity index (χ1n) is 6.61. The van der Waals surface area contributed by atoms with Gasteiger partial charge in [-0.3, -0.25) is 4.79 Å². The minimum atomic E-state index is -0.676. The van der Waals surface area contributed by atoms with Crippen LogP contribution in [0.15, 0.2) is 29.2 Å². The molecule has 0 radical (unpaired) electrons. The van der Waals surface area contributed by atoms with Crippen LogP contribution < -0.4 is 5.56 Å². The van der Waals surface area contributed by atoms with Gasteiger partial charge in [-0.1, -0.05) is 17.3 Å². The van der Waals surface area contributed by atoms with Crippen molar-refractivity contribution in [3.05, 3.63) is 51.8 Å². The molecule has 2 heterocycles. The summed E-state index contributed by atoms with van der Waals surface area (Å²) in [7, 11) is 0. The number of aryl methyl sites for hydroxylation is 1. The van der Waals surface area contributed by atoms with Crippen molar-refractivity contribution in [1.82, 2.24) is 25.0 Å². The number of aliphatic hydroxyl groups is 1. The second kappa shape index (κ2) is 5.10. The highest BCUT2D eigenvalue weighted by molar-refractivity contribution is 5.80. The van der Waals surface area contributed by atoms with Crippen molar-refractivity contribution in [2.45, 2.75) is 26.5 Å². The third-order valence-electron chi connectivity index (χ3n) is 3.28. The average Bonchev–Trinajstić information content (AvgIpc) is 2.89. The summed E-state index contributed by atoms with van der Waals surface area (Å²) in [6.07, 6.45) is 0.955. The number of aromatic nitrogens is 5. The first-order chi connectivity index (χ1) is 10.0. The van der Waals surface area contributed by atoms with Crippen LogP contribution in [0.4, 0.5) is 0 Å². The molecule has 0 aliphatic carbocycles. The zero-order valence-electron chi connectivity index (χ0n) is 11.7. The molecule has 0 aliphatic rings. The van der Waals surface area contributed by atoms with Gasteiger partial charge in [0, 0.05) is 0 Å². The Bertz CT molecular complexity index is 850. The van der Waals surface area contributed by atoms with Gasteiger partial charge in [-0.2, -0.15) is 0 Å². The van der Waals surface area contributed by atoms with Crippen LogP contribution in [-0.4, -0.2) is 30.1 Å². The van der Waals surface area contributed by atoms with Gasteiger partial charge in [0.25, 0.3) is 5.56 Å². The molecule has 0 bridgehead atoms. The molecular formula is C14H15N5O2. The Morgan fingerprint density at radius 1 is 1.43 bits per heavy atom. The third-order valence-corrected chi connectivity index (χ3v) is 3.28. The topological polar surface area (TPSA) is 96.7 Å². The fraction of sp³-hybridized carbons (Fsp3) is 0.286. The molecule has 0 saturated carbocycles. The molecule has 1 unspecified atom stereocenters. The Balaban J connectivity index is 2.00. The number of hydrogen-bond donors (Lipinski definition) is 2. The first-order valence-corrected chi connectivity index (χ1v) is 6.61. The van der Waals surface area contributed by atoms with Crippen LogP contribution >= 0.6 is 0 Å². The summed E-state index contributed by atoms with van der Waals surface area (Å²) in [6, 6.07) is 5.50. The first kappa shape index (κ1) is 13.4. The van der Waals surface area contributed by atoms with Crippen LogP contribution in [0.25, 0.3) is 10.9 Å². The zero-order chi connectivity index (χ0) is 15.0. The van der Waals surface area contributed by atoms with E-state index in [1.54, 1.807) is 19.2 Å². The Hall–Kier alpha value is -2.54. The maximum absolute atomic E-state index is 12.1. The Morgan fingerprint density at radius 2 is 2.24 bits per heavy atom. The maximum atomic E-state index is 12.1. The lowest BCUT2D eigenvalue weighted by Crippen LogP contribution is -2.15. The van der Waals surface area contributed by atoms with E-state index >= 15 is 0 Å². The smallest absolute Gasteiger partial charge is 0.258 e. The van der Waals surface area contributed by atoms with Gasteiger partial charge in [-0.05, 0) is 25.5 Å². The maximum Gasteiger partial charge on any atom is 0.258 e. The number of fused-ring (bicyclic) bond motifs is 1. The highest BCUT2D eigenvalue weighted by atomic mass is 16.3. The number of hydrogen-bond acceptors (Lipinski definition) is 5. The molecule has 0 amide bonds. The number of rotatable bonds is 3. The van der Waals surface area contributed by atoms with Crippen molar-refractivity contribution in [2.24, 2.45) is 0 Å². The summed E-state index contributed by atoms with van der Waals surface area (Å²) >= 11 is 0. The van der Waals surface area contributed by atoms with Gasteiger partial charge in [0.1, 0.15) is 18.1 Å². The summed E-state index contributed by atoms with van der Waals surface area (Å²) in [5.41, 5.74) is 1.94. The quantitative estimate of drug-likeness (QED) is 0.746. The number of aromatic amines is 1. The molecule has 0 fully saturated rings.